The molecule has 4 N–H and O–H groups in total. The van der Waals surface area contributed by atoms with E-state index in [1.54, 1.807) is 16.6 Å². The summed E-state index contributed by atoms with van der Waals surface area (Å²) < 4.78 is 16.0. The van der Waals surface area contributed by atoms with Gasteiger partial charge < -0.3 is 20.8 Å². The number of amides is 1. The Morgan fingerprint density at radius 1 is 1.18 bits per heavy atom. The smallest absolute Gasteiger partial charge is 0.255 e. The minimum atomic E-state index is -1.64. The molecule has 3 aromatic heterocycles. The van der Waals surface area contributed by atoms with E-state index in [9.17, 15) is 19.4 Å². The molecule has 0 aromatic carbocycles. The lowest BCUT2D eigenvalue weighted by Gasteiger charge is -2.36. The molecule has 3 heterocycles. The van der Waals surface area contributed by atoms with E-state index in [0.29, 0.717) is 22.6 Å². The molecule has 4 rings (SSSR count). The van der Waals surface area contributed by atoms with E-state index in [0.717, 1.165) is 31.2 Å². The predicted octanol–water partition coefficient (Wildman–Crippen LogP) is 3.85. The Labute approximate surface area is 221 Å². The normalized spacial score (nSPS) is 19.1. The standard InChI is InChI=1S/C28H35FN6O3/c1-27(2,37)18-5-7-19(8-6-18)34-22-12-23(24-10-9-20-11-17(13-30)14-33-35(20)24)31-15-21(22)26(36)32-16-25(29)28(3,4)38/h9-12,14-15,18-19,25,37-38H,5-8,16H2,1-4H3,(H,31,34)(H,32,36). The molecule has 1 aliphatic carbocycles. The maximum Gasteiger partial charge on any atom is 0.255 e. The van der Waals surface area contributed by atoms with Crippen LogP contribution >= 0.6 is 0 Å². The summed E-state index contributed by atoms with van der Waals surface area (Å²) in [6, 6.07) is 9.36. The van der Waals surface area contributed by atoms with Crippen LogP contribution in [-0.4, -0.2) is 60.7 Å². The number of aromatic nitrogens is 3. The molecule has 202 valence electrons. The van der Waals surface area contributed by atoms with Gasteiger partial charge in [-0.1, -0.05) is 0 Å². The van der Waals surface area contributed by atoms with Crippen molar-refractivity contribution in [2.24, 2.45) is 5.92 Å². The topological polar surface area (TPSA) is 136 Å². The number of hydrogen-bond donors (Lipinski definition) is 4. The lowest BCUT2D eigenvalue weighted by molar-refractivity contribution is -0.00183. The number of halogens is 1. The number of nitrogens with one attached hydrogen (secondary N) is 2. The molecule has 1 aliphatic rings. The molecule has 1 amide bonds. The fraction of sp³-hybridized carbons (Fsp3) is 0.500. The maximum absolute atomic E-state index is 14.3. The van der Waals surface area contributed by atoms with Crippen molar-refractivity contribution in [3.05, 3.63) is 47.8 Å². The van der Waals surface area contributed by atoms with E-state index in [1.165, 1.54) is 26.2 Å². The van der Waals surface area contributed by atoms with E-state index in [1.807, 2.05) is 26.0 Å². The zero-order valence-corrected chi connectivity index (χ0v) is 22.2. The van der Waals surface area contributed by atoms with Crippen LogP contribution in [0.4, 0.5) is 10.1 Å². The van der Waals surface area contributed by atoms with Gasteiger partial charge in [0.15, 0.2) is 0 Å². The lowest BCUT2D eigenvalue weighted by atomic mass is 9.77. The molecular weight excluding hydrogens is 487 g/mol. The van der Waals surface area contributed by atoms with Gasteiger partial charge in [-0.05, 0) is 83.6 Å². The highest BCUT2D eigenvalue weighted by atomic mass is 19.1. The quantitative estimate of drug-likeness (QED) is 0.353. The van der Waals surface area contributed by atoms with Gasteiger partial charge in [0.2, 0.25) is 0 Å². The summed E-state index contributed by atoms with van der Waals surface area (Å²) in [7, 11) is 0. The van der Waals surface area contributed by atoms with Crippen LogP contribution in [0.2, 0.25) is 0 Å². The molecule has 38 heavy (non-hydrogen) atoms. The van der Waals surface area contributed by atoms with E-state index < -0.39 is 23.3 Å². The largest absolute Gasteiger partial charge is 0.390 e. The highest BCUT2D eigenvalue weighted by Gasteiger charge is 2.32. The molecular formula is C28H35FN6O3. The summed E-state index contributed by atoms with van der Waals surface area (Å²) in [5.74, 6) is -0.295. The van der Waals surface area contributed by atoms with Gasteiger partial charge in [0.05, 0.1) is 57.7 Å². The Hall–Kier alpha value is -3.55. The number of carbonyl (C=O) groups excluding carboxylic acids is 1. The number of nitriles is 1. The minimum absolute atomic E-state index is 0.0843. The van der Waals surface area contributed by atoms with Gasteiger partial charge in [-0.15, -0.1) is 0 Å². The molecule has 0 spiro atoms. The predicted molar refractivity (Wildman–Crippen MR) is 142 cm³/mol. The zero-order valence-electron chi connectivity index (χ0n) is 22.2. The van der Waals surface area contributed by atoms with E-state index >= 15 is 0 Å². The third-order valence-electron chi connectivity index (χ3n) is 7.33. The van der Waals surface area contributed by atoms with Crippen LogP contribution in [0.3, 0.4) is 0 Å². The molecule has 10 heteroatoms. The second-order valence-electron chi connectivity index (χ2n) is 11.2. The molecule has 1 fully saturated rings. The maximum atomic E-state index is 14.3. The molecule has 0 bridgehead atoms. The number of aliphatic hydroxyl groups is 2. The third-order valence-corrected chi connectivity index (χ3v) is 7.33. The van der Waals surface area contributed by atoms with Gasteiger partial charge in [-0.25, -0.2) is 8.91 Å². The Balaban J connectivity index is 1.63. The van der Waals surface area contributed by atoms with Crippen molar-refractivity contribution in [1.82, 2.24) is 19.9 Å². The van der Waals surface area contributed by atoms with Crippen LogP contribution in [0.1, 0.15) is 69.3 Å². The number of rotatable bonds is 8. The molecule has 3 aromatic rings. The van der Waals surface area contributed by atoms with Crippen molar-refractivity contribution in [1.29, 1.82) is 5.26 Å². The first-order valence-electron chi connectivity index (χ1n) is 12.9. The molecule has 0 radical (unpaired) electrons. The lowest BCUT2D eigenvalue weighted by Crippen LogP contribution is -2.42. The Morgan fingerprint density at radius 2 is 1.89 bits per heavy atom. The highest BCUT2D eigenvalue weighted by Crippen LogP contribution is 2.34. The monoisotopic (exact) mass is 522 g/mol. The number of alkyl halides is 1. The molecule has 0 saturated heterocycles. The summed E-state index contributed by atoms with van der Waals surface area (Å²) in [5.41, 5.74) is 0.957. The van der Waals surface area contributed by atoms with Crippen molar-refractivity contribution >= 4 is 17.1 Å². The third kappa shape index (κ3) is 6.11. The first-order valence-corrected chi connectivity index (χ1v) is 12.9. The second-order valence-corrected chi connectivity index (χ2v) is 11.2. The summed E-state index contributed by atoms with van der Waals surface area (Å²) in [5, 5.41) is 39.9. The van der Waals surface area contributed by atoms with E-state index in [-0.39, 0.29) is 24.1 Å². The van der Waals surface area contributed by atoms with Crippen molar-refractivity contribution < 1.29 is 19.4 Å². The van der Waals surface area contributed by atoms with Crippen molar-refractivity contribution in [2.75, 3.05) is 11.9 Å². The van der Waals surface area contributed by atoms with E-state index in [4.69, 9.17) is 5.26 Å². The van der Waals surface area contributed by atoms with Crippen LogP contribution in [0.5, 0.6) is 0 Å². The second kappa shape index (κ2) is 10.7. The fourth-order valence-corrected chi connectivity index (χ4v) is 4.84. The zero-order chi connectivity index (χ0) is 27.7. The van der Waals surface area contributed by atoms with Crippen molar-refractivity contribution in [2.45, 2.75) is 76.8 Å². The van der Waals surface area contributed by atoms with Crippen LogP contribution in [-0.2, 0) is 0 Å². The average Bonchev–Trinajstić information content (AvgIpc) is 3.29. The average molecular weight is 523 g/mol. The number of carbonyl (C=O) groups is 1. The van der Waals surface area contributed by atoms with Gasteiger partial charge in [0, 0.05) is 12.2 Å². The summed E-state index contributed by atoms with van der Waals surface area (Å²) >= 11 is 0. The van der Waals surface area contributed by atoms with E-state index in [2.05, 4.69) is 26.8 Å². The van der Waals surface area contributed by atoms with Gasteiger partial charge in [-0.2, -0.15) is 10.4 Å². The van der Waals surface area contributed by atoms with Gasteiger partial charge in [0.25, 0.3) is 5.91 Å². The number of hydrogen-bond acceptors (Lipinski definition) is 7. The number of fused-ring (bicyclic) bond motifs is 1. The SMILES string of the molecule is CC(C)(O)C(F)CNC(=O)c1cnc(-c2ccc3cc(C#N)cnn23)cc1NC1CCC(C(C)(C)O)CC1. The minimum Gasteiger partial charge on any atom is -0.390 e. The van der Waals surface area contributed by atoms with Crippen LogP contribution in [0.25, 0.3) is 16.9 Å². The van der Waals surface area contributed by atoms with Gasteiger partial charge in [-0.3, -0.25) is 9.78 Å². The number of anilines is 1. The Kier molecular flexibility index (Phi) is 7.72. The van der Waals surface area contributed by atoms with Crippen LogP contribution in [0.15, 0.2) is 36.7 Å². The Morgan fingerprint density at radius 3 is 2.53 bits per heavy atom. The summed E-state index contributed by atoms with van der Waals surface area (Å²) in [6.07, 6.45) is 4.65. The summed E-state index contributed by atoms with van der Waals surface area (Å²) in [4.78, 5) is 17.6. The Bertz CT molecular complexity index is 1340. The molecule has 9 nitrogen and oxygen atoms in total. The number of pyridine rings is 1. The highest BCUT2D eigenvalue weighted by molar-refractivity contribution is 6.00. The fourth-order valence-electron chi connectivity index (χ4n) is 4.84. The molecule has 1 unspecified atom stereocenters. The molecule has 1 saturated carbocycles. The first kappa shape index (κ1) is 27.5. The number of nitrogens with zero attached hydrogens (tertiary/aromatic N) is 4. The first-order chi connectivity index (χ1) is 17.9. The van der Waals surface area contributed by atoms with Crippen LogP contribution in [0, 0.1) is 17.2 Å². The van der Waals surface area contributed by atoms with Gasteiger partial charge >= 0.3 is 0 Å². The van der Waals surface area contributed by atoms with Crippen molar-refractivity contribution in [3.63, 3.8) is 0 Å². The molecule has 0 aliphatic heterocycles. The molecule has 1 atom stereocenters. The van der Waals surface area contributed by atoms with Gasteiger partial charge in [0.1, 0.15) is 12.2 Å². The van der Waals surface area contributed by atoms with Crippen molar-refractivity contribution in [3.8, 4) is 17.5 Å². The summed E-state index contributed by atoms with van der Waals surface area (Å²) in [6.45, 7) is 6.04. The van der Waals surface area contributed by atoms with Crippen LogP contribution < -0.4 is 10.6 Å².